The summed E-state index contributed by atoms with van der Waals surface area (Å²) in [6, 6.07) is 26.6. The minimum atomic E-state index is -0.381. The van der Waals surface area contributed by atoms with Crippen LogP contribution in [0.1, 0.15) is 49.4 Å². The van der Waals surface area contributed by atoms with Gasteiger partial charge < -0.3 is 4.74 Å². The number of esters is 1. The number of carbonyl (C=O) groups is 1. The van der Waals surface area contributed by atoms with E-state index in [0.29, 0.717) is 17.7 Å². The first-order chi connectivity index (χ1) is 15.6. The molecule has 1 heterocycles. The van der Waals surface area contributed by atoms with E-state index in [4.69, 9.17) is 9.84 Å². The maximum atomic E-state index is 12.0. The first kappa shape index (κ1) is 21.6. The van der Waals surface area contributed by atoms with Crippen LogP contribution >= 0.6 is 0 Å². The van der Waals surface area contributed by atoms with Crippen LogP contribution in [0.15, 0.2) is 96.1 Å². The number of rotatable bonds is 7. The van der Waals surface area contributed by atoms with Crippen LogP contribution in [-0.4, -0.2) is 11.7 Å². The Balaban J connectivity index is 1.60. The standard InChI is InChI=1S/C28H28N2O2/c1-4-20(3)28(31)32-25-17-15-23(16-18-25)27-19-26(22-13-11-21(5-2)12-14-22)29-30(27)24-9-7-6-8-10-24/h6-18,27H,3-5,19H2,1-2H3. The molecule has 0 fully saturated rings. The lowest BCUT2D eigenvalue weighted by Crippen LogP contribution is -2.18. The Morgan fingerprint density at radius 3 is 2.31 bits per heavy atom. The summed E-state index contributed by atoms with van der Waals surface area (Å²) >= 11 is 0. The van der Waals surface area contributed by atoms with E-state index in [1.54, 1.807) is 0 Å². The average molecular weight is 425 g/mol. The molecule has 0 saturated heterocycles. The SMILES string of the molecule is C=C(CC)C(=O)Oc1ccc(C2CC(c3ccc(CC)cc3)=NN2c2ccccc2)cc1. The highest BCUT2D eigenvalue weighted by Gasteiger charge is 2.30. The third kappa shape index (κ3) is 4.65. The number of para-hydroxylation sites is 1. The highest BCUT2D eigenvalue weighted by atomic mass is 16.5. The number of aryl methyl sites for hydroxylation is 1. The molecule has 4 nitrogen and oxygen atoms in total. The van der Waals surface area contributed by atoms with Crippen LogP contribution in [0.4, 0.5) is 5.69 Å². The fraction of sp³-hybridized carbons (Fsp3) is 0.214. The van der Waals surface area contributed by atoms with Crippen molar-refractivity contribution in [3.8, 4) is 5.75 Å². The van der Waals surface area contributed by atoms with E-state index in [1.165, 1.54) is 5.56 Å². The van der Waals surface area contributed by atoms with Crippen molar-refractivity contribution in [2.75, 3.05) is 5.01 Å². The highest BCUT2D eigenvalue weighted by Crippen LogP contribution is 2.37. The van der Waals surface area contributed by atoms with Crippen molar-refractivity contribution in [3.05, 3.63) is 108 Å². The van der Waals surface area contributed by atoms with Gasteiger partial charge in [-0.25, -0.2) is 4.79 Å². The lowest BCUT2D eigenvalue weighted by molar-refractivity contribution is -0.130. The van der Waals surface area contributed by atoms with Crippen LogP contribution in [0, 0.1) is 0 Å². The fourth-order valence-corrected chi connectivity index (χ4v) is 3.78. The molecule has 1 atom stereocenters. The number of carbonyl (C=O) groups excluding carboxylic acids is 1. The normalized spacial score (nSPS) is 15.4. The molecule has 0 aromatic heterocycles. The monoisotopic (exact) mass is 424 g/mol. The van der Waals surface area contributed by atoms with Crippen LogP contribution in [0.3, 0.4) is 0 Å². The van der Waals surface area contributed by atoms with Crippen LogP contribution in [-0.2, 0) is 11.2 Å². The molecule has 4 rings (SSSR count). The van der Waals surface area contributed by atoms with E-state index in [2.05, 4.69) is 54.9 Å². The number of nitrogens with zero attached hydrogens (tertiary/aromatic N) is 2. The molecular formula is C28H28N2O2. The van der Waals surface area contributed by atoms with Gasteiger partial charge in [0.2, 0.25) is 0 Å². The second kappa shape index (κ2) is 9.65. The summed E-state index contributed by atoms with van der Waals surface area (Å²) in [5.41, 5.74) is 6.16. The summed E-state index contributed by atoms with van der Waals surface area (Å²) in [6.07, 6.45) is 2.39. The third-order valence-corrected chi connectivity index (χ3v) is 5.82. The Kier molecular flexibility index (Phi) is 6.50. The topological polar surface area (TPSA) is 41.9 Å². The van der Waals surface area contributed by atoms with Gasteiger partial charge in [-0.15, -0.1) is 0 Å². The third-order valence-electron chi connectivity index (χ3n) is 5.82. The Bertz CT molecular complexity index is 1120. The molecule has 0 bridgehead atoms. The van der Waals surface area contributed by atoms with E-state index >= 15 is 0 Å². The summed E-state index contributed by atoms with van der Waals surface area (Å²) < 4.78 is 5.43. The van der Waals surface area contributed by atoms with E-state index in [-0.39, 0.29) is 12.0 Å². The minimum absolute atomic E-state index is 0.0635. The maximum Gasteiger partial charge on any atom is 0.338 e. The van der Waals surface area contributed by atoms with Gasteiger partial charge in [-0.3, -0.25) is 5.01 Å². The van der Waals surface area contributed by atoms with Crippen molar-refractivity contribution in [2.24, 2.45) is 5.10 Å². The van der Waals surface area contributed by atoms with Gasteiger partial charge in [0, 0.05) is 12.0 Å². The summed E-state index contributed by atoms with van der Waals surface area (Å²) in [5, 5.41) is 7.09. The quantitative estimate of drug-likeness (QED) is 0.248. The summed E-state index contributed by atoms with van der Waals surface area (Å²) in [5.74, 6) is 0.141. The van der Waals surface area contributed by atoms with E-state index in [0.717, 1.165) is 35.4 Å². The molecule has 3 aromatic carbocycles. The van der Waals surface area contributed by atoms with Gasteiger partial charge in [0.1, 0.15) is 5.75 Å². The molecule has 1 unspecified atom stereocenters. The average Bonchev–Trinajstić information content (AvgIpc) is 3.30. The number of hydrogen-bond acceptors (Lipinski definition) is 4. The van der Waals surface area contributed by atoms with Crippen LogP contribution < -0.4 is 9.75 Å². The zero-order valence-electron chi connectivity index (χ0n) is 18.6. The molecule has 162 valence electrons. The largest absolute Gasteiger partial charge is 0.423 e. The van der Waals surface area contributed by atoms with E-state index < -0.39 is 0 Å². The van der Waals surface area contributed by atoms with Crippen LogP contribution in [0.25, 0.3) is 0 Å². The number of hydrazone groups is 1. The first-order valence-electron chi connectivity index (χ1n) is 11.1. The lowest BCUT2D eigenvalue weighted by Gasteiger charge is -2.24. The van der Waals surface area contributed by atoms with Crippen molar-refractivity contribution >= 4 is 17.4 Å². The smallest absolute Gasteiger partial charge is 0.338 e. The second-order valence-electron chi connectivity index (χ2n) is 7.91. The van der Waals surface area contributed by atoms with E-state index in [1.807, 2.05) is 49.4 Å². The Hall–Kier alpha value is -3.66. The molecule has 3 aromatic rings. The Morgan fingerprint density at radius 1 is 1.00 bits per heavy atom. The Morgan fingerprint density at radius 2 is 1.69 bits per heavy atom. The molecule has 0 spiro atoms. The zero-order chi connectivity index (χ0) is 22.5. The predicted molar refractivity (Wildman–Crippen MR) is 130 cm³/mol. The van der Waals surface area contributed by atoms with Gasteiger partial charge in [-0.2, -0.15) is 5.10 Å². The molecule has 4 heteroatoms. The molecule has 0 radical (unpaired) electrons. The van der Waals surface area contributed by atoms with Gasteiger partial charge >= 0.3 is 5.97 Å². The van der Waals surface area contributed by atoms with Crippen molar-refractivity contribution in [1.29, 1.82) is 0 Å². The van der Waals surface area contributed by atoms with Gasteiger partial charge in [0.05, 0.1) is 17.4 Å². The predicted octanol–water partition coefficient (Wildman–Crippen LogP) is 6.48. The van der Waals surface area contributed by atoms with Crippen molar-refractivity contribution in [1.82, 2.24) is 0 Å². The number of hydrogen-bond donors (Lipinski definition) is 0. The molecule has 0 aliphatic carbocycles. The molecule has 0 saturated carbocycles. The molecule has 1 aliphatic rings. The molecule has 0 N–H and O–H groups in total. The second-order valence-corrected chi connectivity index (χ2v) is 7.91. The van der Waals surface area contributed by atoms with Gasteiger partial charge in [0.15, 0.2) is 0 Å². The van der Waals surface area contributed by atoms with E-state index in [9.17, 15) is 4.79 Å². The minimum Gasteiger partial charge on any atom is -0.423 e. The number of ether oxygens (including phenoxy) is 1. The zero-order valence-corrected chi connectivity index (χ0v) is 18.6. The first-order valence-corrected chi connectivity index (χ1v) is 11.1. The molecular weight excluding hydrogens is 396 g/mol. The summed E-state index contributed by atoms with van der Waals surface area (Å²) in [4.78, 5) is 12.0. The number of anilines is 1. The molecule has 1 aliphatic heterocycles. The number of benzene rings is 3. The van der Waals surface area contributed by atoms with Gasteiger partial charge in [-0.05, 0) is 53.8 Å². The van der Waals surface area contributed by atoms with Crippen molar-refractivity contribution < 1.29 is 9.53 Å². The molecule has 0 amide bonds. The molecule has 32 heavy (non-hydrogen) atoms. The highest BCUT2D eigenvalue weighted by molar-refractivity contribution is 6.03. The Labute approximate surface area is 189 Å². The van der Waals surface area contributed by atoms with Crippen molar-refractivity contribution in [2.45, 2.75) is 39.2 Å². The lowest BCUT2D eigenvalue weighted by atomic mass is 9.97. The summed E-state index contributed by atoms with van der Waals surface area (Å²) in [6.45, 7) is 7.79. The van der Waals surface area contributed by atoms with Crippen LogP contribution in [0.5, 0.6) is 5.75 Å². The summed E-state index contributed by atoms with van der Waals surface area (Å²) in [7, 11) is 0. The maximum absolute atomic E-state index is 12.0. The fourth-order valence-electron chi connectivity index (χ4n) is 3.78. The van der Waals surface area contributed by atoms with Gasteiger partial charge in [-0.1, -0.05) is 75.0 Å². The van der Waals surface area contributed by atoms with Crippen molar-refractivity contribution in [3.63, 3.8) is 0 Å². The van der Waals surface area contributed by atoms with Gasteiger partial charge in [0.25, 0.3) is 0 Å². The van der Waals surface area contributed by atoms with Crippen LogP contribution in [0.2, 0.25) is 0 Å².